The molecule has 4 saturated carbocycles. The lowest BCUT2D eigenvalue weighted by Crippen LogP contribution is -2.66. The van der Waals surface area contributed by atoms with Gasteiger partial charge in [-0.1, -0.05) is 69.8 Å². The zero-order valence-corrected chi connectivity index (χ0v) is 23.6. The number of aliphatic hydroxyl groups excluding tert-OH is 1. The standard InChI is InChI=1S/C29H49BrO3/c1-18(2)8-7-9-19(3)23-10-11-24-22-16-26(32)29(30)17-21(33-20(4)31)12-15-28(29,6)25(22)13-14-27(23,24)5/h18-19,21-26,32H,7-17H2,1-6H3/t19-,21+,22+,23?,24+,25+,26-,27-,28-,29+/m1/s1. The van der Waals surface area contributed by atoms with E-state index in [0.717, 1.165) is 49.4 Å². The highest BCUT2D eigenvalue weighted by Gasteiger charge is 2.67. The highest BCUT2D eigenvalue weighted by atomic mass is 79.9. The smallest absolute Gasteiger partial charge is 0.302 e. The Balaban J connectivity index is 1.51. The minimum absolute atomic E-state index is 0.0638. The predicted molar refractivity (Wildman–Crippen MR) is 138 cm³/mol. The number of carbonyl (C=O) groups is 1. The third-order valence-corrected chi connectivity index (χ3v) is 13.0. The molecule has 0 heterocycles. The van der Waals surface area contributed by atoms with E-state index in [-0.39, 0.29) is 27.9 Å². The van der Waals surface area contributed by atoms with Crippen LogP contribution in [0.1, 0.15) is 112 Å². The first-order valence-electron chi connectivity index (χ1n) is 14.0. The number of alkyl halides is 1. The molecular formula is C29H49BrO3. The Hall–Kier alpha value is -0.0900. The van der Waals surface area contributed by atoms with E-state index in [1.54, 1.807) is 0 Å². The van der Waals surface area contributed by atoms with Crippen molar-refractivity contribution in [2.24, 2.45) is 46.3 Å². The molecule has 4 aliphatic carbocycles. The Morgan fingerprint density at radius 1 is 1.06 bits per heavy atom. The highest BCUT2D eigenvalue weighted by molar-refractivity contribution is 9.10. The van der Waals surface area contributed by atoms with Crippen LogP contribution in [-0.4, -0.2) is 27.6 Å². The summed E-state index contributed by atoms with van der Waals surface area (Å²) in [6.07, 6.45) is 12.6. The normalized spacial score (nSPS) is 48.0. The van der Waals surface area contributed by atoms with Gasteiger partial charge in [0.1, 0.15) is 6.10 Å². The van der Waals surface area contributed by atoms with Gasteiger partial charge < -0.3 is 9.84 Å². The third kappa shape index (κ3) is 4.36. The molecule has 1 unspecified atom stereocenters. The summed E-state index contributed by atoms with van der Waals surface area (Å²) in [5, 5.41) is 11.6. The van der Waals surface area contributed by atoms with Gasteiger partial charge in [0.05, 0.1) is 10.4 Å². The van der Waals surface area contributed by atoms with Gasteiger partial charge in [-0.2, -0.15) is 0 Å². The summed E-state index contributed by atoms with van der Waals surface area (Å²) in [5.74, 6) is 4.31. The van der Waals surface area contributed by atoms with Crippen LogP contribution in [0.15, 0.2) is 0 Å². The molecule has 1 N–H and O–H groups in total. The molecule has 3 nitrogen and oxygen atoms in total. The maximum Gasteiger partial charge on any atom is 0.302 e. The molecule has 0 amide bonds. The average molecular weight is 526 g/mol. The summed E-state index contributed by atoms with van der Waals surface area (Å²) in [6.45, 7) is 13.8. The molecule has 4 fully saturated rings. The quantitative estimate of drug-likeness (QED) is 0.288. The van der Waals surface area contributed by atoms with Crippen molar-refractivity contribution >= 4 is 21.9 Å². The first kappa shape index (κ1) is 26.0. The van der Waals surface area contributed by atoms with Gasteiger partial charge in [-0.25, -0.2) is 0 Å². The van der Waals surface area contributed by atoms with Crippen molar-refractivity contribution in [3.8, 4) is 0 Å². The number of hydrogen-bond acceptors (Lipinski definition) is 3. The van der Waals surface area contributed by atoms with E-state index in [1.165, 1.54) is 51.9 Å². The van der Waals surface area contributed by atoms with Crippen molar-refractivity contribution in [2.75, 3.05) is 0 Å². The number of esters is 1. The van der Waals surface area contributed by atoms with Gasteiger partial charge in [0.25, 0.3) is 0 Å². The molecule has 0 bridgehead atoms. The molecule has 190 valence electrons. The number of aliphatic hydroxyl groups is 1. The van der Waals surface area contributed by atoms with Gasteiger partial charge in [-0.05, 0) is 91.3 Å². The Morgan fingerprint density at radius 2 is 1.79 bits per heavy atom. The Labute approximate surface area is 211 Å². The molecule has 0 aromatic carbocycles. The second-order valence-corrected chi connectivity index (χ2v) is 14.8. The Morgan fingerprint density at radius 3 is 2.45 bits per heavy atom. The topological polar surface area (TPSA) is 46.5 Å². The van der Waals surface area contributed by atoms with Gasteiger partial charge in [0.2, 0.25) is 0 Å². The second kappa shape index (κ2) is 9.41. The molecule has 4 aliphatic rings. The van der Waals surface area contributed by atoms with Crippen LogP contribution in [0.2, 0.25) is 0 Å². The zero-order valence-electron chi connectivity index (χ0n) is 22.0. The van der Waals surface area contributed by atoms with Crippen LogP contribution in [0.3, 0.4) is 0 Å². The SMILES string of the molecule is CC(=O)O[C@H]1CC[C@]2(C)[C@H]3CC[C@]4(C)C([C@H](C)CCCC(C)C)CC[C@H]4[C@@H]3C[C@@H](O)[C@@]2(Br)C1. The van der Waals surface area contributed by atoms with E-state index in [4.69, 9.17) is 4.74 Å². The molecule has 0 radical (unpaired) electrons. The molecule has 0 aromatic heterocycles. The van der Waals surface area contributed by atoms with E-state index >= 15 is 0 Å². The molecule has 0 aromatic rings. The minimum atomic E-state index is -0.369. The van der Waals surface area contributed by atoms with Crippen LogP contribution >= 0.6 is 15.9 Å². The third-order valence-electron chi connectivity index (χ3n) is 11.3. The van der Waals surface area contributed by atoms with Crippen LogP contribution in [0, 0.1) is 46.3 Å². The van der Waals surface area contributed by atoms with E-state index in [2.05, 4.69) is 50.5 Å². The van der Waals surface area contributed by atoms with Gasteiger partial charge >= 0.3 is 5.97 Å². The van der Waals surface area contributed by atoms with Crippen LogP contribution in [0.5, 0.6) is 0 Å². The average Bonchev–Trinajstić information content (AvgIpc) is 3.07. The molecule has 4 heteroatoms. The number of halogens is 1. The maximum atomic E-state index is 11.6. The van der Waals surface area contributed by atoms with Gasteiger partial charge in [0, 0.05) is 13.3 Å². The monoisotopic (exact) mass is 524 g/mol. The van der Waals surface area contributed by atoms with E-state index in [1.807, 2.05) is 0 Å². The lowest BCUT2D eigenvalue weighted by atomic mass is 9.43. The van der Waals surface area contributed by atoms with Gasteiger partial charge in [-0.3, -0.25) is 4.79 Å². The minimum Gasteiger partial charge on any atom is -0.463 e. The summed E-state index contributed by atoms with van der Waals surface area (Å²) in [7, 11) is 0. The molecule has 0 aliphatic heterocycles. The molecule has 0 spiro atoms. The first-order chi connectivity index (χ1) is 15.4. The van der Waals surface area contributed by atoms with Crippen molar-refractivity contribution in [1.29, 1.82) is 0 Å². The van der Waals surface area contributed by atoms with Crippen molar-refractivity contribution in [3.05, 3.63) is 0 Å². The summed E-state index contributed by atoms with van der Waals surface area (Å²) in [5.41, 5.74) is 0.504. The number of rotatable bonds is 6. The largest absolute Gasteiger partial charge is 0.463 e. The van der Waals surface area contributed by atoms with E-state index in [9.17, 15) is 9.90 Å². The number of hydrogen-bond donors (Lipinski definition) is 1. The van der Waals surface area contributed by atoms with Crippen molar-refractivity contribution in [2.45, 2.75) is 129 Å². The van der Waals surface area contributed by atoms with Crippen LogP contribution < -0.4 is 0 Å². The van der Waals surface area contributed by atoms with Crippen LogP contribution in [0.25, 0.3) is 0 Å². The van der Waals surface area contributed by atoms with E-state index < -0.39 is 0 Å². The molecular weight excluding hydrogens is 476 g/mol. The number of carbonyl (C=O) groups excluding carboxylic acids is 1. The highest BCUT2D eigenvalue weighted by Crippen LogP contribution is 2.70. The summed E-state index contributed by atoms with van der Waals surface area (Å²) >= 11 is 4.11. The second-order valence-electron chi connectivity index (χ2n) is 13.4. The van der Waals surface area contributed by atoms with Crippen molar-refractivity contribution in [3.63, 3.8) is 0 Å². The molecule has 0 saturated heterocycles. The fourth-order valence-electron chi connectivity index (χ4n) is 9.56. The van der Waals surface area contributed by atoms with E-state index in [0.29, 0.717) is 17.3 Å². The molecule has 4 rings (SSSR count). The Kier molecular flexibility index (Phi) is 7.41. The fraction of sp³-hybridized carbons (Fsp3) is 0.966. The number of ether oxygens (including phenoxy) is 1. The lowest BCUT2D eigenvalue weighted by Gasteiger charge is -2.65. The predicted octanol–water partition coefficient (Wildman–Crippen LogP) is 7.53. The maximum absolute atomic E-state index is 11.6. The van der Waals surface area contributed by atoms with Crippen LogP contribution in [0.4, 0.5) is 0 Å². The summed E-state index contributed by atoms with van der Waals surface area (Å²) < 4.78 is 5.29. The number of fused-ring (bicyclic) bond motifs is 5. The fourth-order valence-corrected chi connectivity index (χ4v) is 10.6. The van der Waals surface area contributed by atoms with Gasteiger partial charge in [-0.15, -0.1) is 0 Å². The molecule has 33 heavy (non-hydrogen) atoms. The Bertz CT molecular complexity index is 724. The van der Waals surface area contributed by atoms with Crippen molar-refractivity contribution < 1.29 is 14.6 Å². The zero-order chi connectivity index (χ0) is 24.2. The molecule has 10 atom stereocenters. The van der Waals surface area contributed by atoms with Crippen molar-refractivity contribution in [1.82, 2.24) is 0 Å². The first-order valence-corrected chi connectivity index (χ1v) is 14.8. The lowest BCUT2D eigenvalue weighted by molar-refractivity contribution is -0.170. The van der Waals surface area contributed by atoms with Crippen LogP contribution in [-0.2, 0) is 9.53 Å². The summed E-state index contributed by atoms with van der Waals surface area (Å²) in [4.78, 5) is 11.6. The van der Waals surface area contributed by atoms with Gasteiger partial charge in [0.15, 0.2) is 0 Å². The summed E-state index contributed by atoms with van der Waals surface area (Å²) in [6, 6.07) is 0.